The second-order valence-electron chi connectivity index (χ2n) is 4.13. The van der Waals surface area contributed by atoms with Gasteiger partial charge in [-0.2, -0.15) is 0 Å². The summed E-state index contributed by atoms with van der Waals surface area (Å²) < 4.78 is 0.326. The van der Waals surface area contributed by atoms with E-state index in [2.05, 4.69) is 38.0 Å². The highest BCUT2D eigenvalue weighted by atomic mass is 32.1. The van der Waals surface area contributed by atoms with Gasteiger partial charge >= 0.3 is 0 Å². The molecule has 0 aliphatic carbocycles. The summed E-state index contributed by atoms with van der Waals surface area (Å²) in [6.45, 7) is 12.6. The van der Waals surface area contributed by atoms with Gasteiger partial charge in [0.15, 0.2) is 0 Å². The molecule has 0 saturated heterocycles. The SMILES string of the molecule is CC[NH+](CC)CC.CCc1ccc(NC(=S)[S-])nc1. The van der Waals surface area contributed by atoms with Crippen molar-refractivity contribution < 1.29 is 4.90 Å². The quantitative estimate of drug-likeness (QED) is 0.641. The summed E-state index contributed by atoms with van der Waals surface area (Å²) in [5, 5.41) is 2.79. The lowest BCUT2D eigenvalue weighted by molar-refractivity contribution is -0.894. The van der Waals surface area contributed by atoms with Crippen LogP contribution >= 0.6 is 12.2 Å². The van der Waals surface area contributed by atoms with Crippen molar-refractivity contribution in [3.8, 4) is 0 Å². The van der Waals surface area contributed by atoms with Crippen molar-refractivity contribution in [2.24, 2.45) is 0 Å². The normalized spacial score (nSPS) is 9.74. The van der Waals surface area contributed by atoms with Gasteiger partial charge in [0.25, 0.3) is 0 Å². The topological polar surface area (TPSA) is 29.4 Å². The van der Waals surface area contributed by atoms with Gasteiger partial charge in [-0.25, -0.2) is 4.98 Å². The first kappa shape index (κ1) is 18.2. The zero-order valence-corrected chi connectivity index (χ0v) is 14.0. The first-order valence-electron chi connectivity index (χ1n) is 6.83. The summed E-state index contributed by atoms with van der Waals surface area (Å²) in [6.07, 6.45) is 2.81. The van der Waals surface area contributed by atoms with E-state index >= 15 is 0 Å². The van der Waals surface area contributed by atoms with Gasteiger partial charge in [-0.3, -0.25) is 0 Å². The predicted molar refractivity (Wildman–Crippen MR) is 89.8 cm³/mol. The molecule has 0 unspecified atom stereocenters. The number of anilines is 1. The van der Waals surface area contributed by atoms with Crippen LogP contribution in [0.25, 0.3) is 0 Å². The van der Waals surface area contributed by atoms with Crippen LogP contribution in [0.1, 0.15) is 33.3 Å². The molecule has 5 heteroatoms. The number of quaternary nitrogens is 1. The third-order valence-corrected chi connectivity index (χ3v) is 3.17. The summed E-state index contributed by atoms with van der Waals surface area (Å²) in [5.74, 6) is 0.715. The molecule has 0 spiro atoms. The maximum absolute atomic E-state index is 4.70. The Morgan fingerprint density at radius 2 is 1.79 bits per heavy atom. The lowest BCUT2D eigenvalue weighted by Gasteiger charge is -2.10. The number of aryl methyl sites for hydroxylation is 1. The Bertz CT molecular complexity index is 343. The molecule has 0 aliphatic rings. The van der Waals surface area contributed by atoms with Crippen LogP contribution in [0.4, 0.5) is 5.82 Å². The maximum atomic E-state index is 4.70. The van der Waals surface area contributed by atoms with E-state index in [1.807, 2.05) is 18.3 Å². The van der Waals surface area contributed by atoms with E-state index in [1.165, 1.54) is 25.2 Å². The summed E-state index contributed by atoms with van der Waals surface area (Å²) in [5.41, 5.74) is 1.20. The van der Waals surface area contributed by atoms with Gasteiger partial charge in [0.1, 0.15) is 5.82 Å². The fourth-order valence-electron chi connectivity index (χ4n) is 1.56. The minimum Gasteiger partial charge on any atom is -0.411 e. The van der Waals surface area contributed by atoms with Crippen LogP contribution in [0.5, 0.6) is 0 Å². The lowest BCUT2D eigenvalue weighted by atomic mass is 10.2. The summed E-state index contributed by atoms with van der Waals surface area (Å²) in [6, 6.07) is 3.88. The average Bonchev–Trinajstić information content (AvgIpc) is 2.42. The van der Waals surface area contributed by atoms with Crippen LogP contribution in [-0.4, -0.2) is 28.9 Å². The second-order valence-corrected chi connectivity index (χ2v) is 5.20. The number of aromatic nitrogens is 1. The fourth-order valence-corrected chi connectivity index (χ4v) is 1.77. The van der Waals surface area contributed by atoms with Crippen molar-refractivity contribution in [3.63, 3.8) is 0 Å². The highest BCUT2D eigenvalue weighted by molar-refractivity contribution is 8.00. The van der Waals surface area contributed by atoms with Crippen LogP contribution in [-0.2, 0) is 19.0 Å². The molecule has 19 heavy (non-hydrogen) atoms. The Morgan fingerprint density at radius 3 is 2.05 bits per heavy atom. The number of pyridine rings is 1. The molecule has 108 valence electrons. The van der Waals surface area contributed by atoms with Gasteiger partial charge in [-0.05, 0) is 38.8 Å². The first-order valence-corrected chi connectivity index (χ1v) is 7.65. The maximum Gasteiger partial charge on any atom is 0.128 e. The summed E-state index contributed by atoms with van der Waals surface area (Å²) in [7, 11) is 0. The molecule has 2 N–H and O–H groups in total. The first-order chi connectivity index (χ1) is 9.07. The smallest absolute Gasteiger partial charge is 0.128 e. The van der Waals surface area contributed by atoms with E-state index in [-0.39, 0.29) is 0 Å². The number of rotatable bonds is 5. The van der Waals surface area contributed by atoms with Crippen LogP contribution in [0.3, 0.4) is 0 Å². The fraction of sp³-hybridized carbons (Fsp3) is 0.571. The average molecular weight is 300 g/mol. The van der Waals surface area contributed by atoms with Crippen LogP contribution in [0.15, 0.2) is 18.3 Å². The molecule has 0 aromatic carbocycles. The van der Waals surface area contributed by atoms with Crippen molar-refractivity contribution in [2.75, 3.05) is 25.0 Å². The van der Waals surface area contributed by atoms with Crippen molar-refractivity contribution >= 4 is 35.0 Å². The van der Waals surface area contributed by atoms with Crippen LogP contribution < -0.4 is 10.2 Å². The number of thiocarbonyl (C=S) groups is 1. The molecule has 3 nitrogen and oxygen atoms in total. The van der Waals surface area contributed by atoms with Crippen LogP contribution in [0.2, 0.25) is 0 Å². The molecular weight excluding hydrogens is 274 g/mol. The summed E-state index contributed by atoms with van der Waals surface area (Å²) >= 11 is 9.40. The number of nitrogens with zero attached hydrogens (tertiary/aromatic N) is 1. The largest absolute Gasteiger partial charge is 0.411 e. The summed E-state index contributed by atoms with van der Waals surface area (Å²) in [4.78, 5) is 5.80. The third kappa shape index (κ3) is 8.86. The van der Waals surface area contributed by atoms with E-state index in [0.29, 0.717) is 10.1 Å². The zero-order valence-electron chi connectivity index (χ0n) is 12.3. The molecule has 0 bridgehead atoms. The third-order valence-electron chi connectivity index (χ3n) is 2.96. The van der Waals surface area contributed by atoms with E-state index in [4.69, 9.17) is 24.8 Å². The number of nitrogens with one attached hydrogen (secondary N) is 2. The Hall–Kier alpha value is -0.780. The Labute approximate surface area is 128 Å². The highest BCUT2D eigenvalue weighted by Crippen LogP contribution is 2.05. The Kier molecular flexibility index (Phi) is 10.6. The minimum absolute atomic E-state index is 0.326. The molecular formula is C14H25N3S2. The molecule has 1 rings (SSSR count). The van der Waals surface area contributed by atoms with Crippen molar-refractivity contribution in [2.45, 2.75) is 34.1 Å². The Balaban J connectivity index is 0.000000399. The Morgan fingerprint density at radius 1 is 1.21 bits per heavy atom. The van der Waals surface area contributed by atoms with E-state index < -0.39 is 0 Å². The van der Waals surface area contributed by atoms with Gasteiger partial charge in [-0.1, -0.05) is 17.3 Å². The van der Waals surface area contributed by atoms with Gasteiger partial charge < -0.3 is 35.1 Å². The monoisotopic (exact) mass is 299 g/mol. The molecule has 0 radical (unpaired) electrons. The van der Waals surface area contributed by atoms with Gasteiger partial charge in [0.05, 0.1) is 19.6 Å². The molecule has 1 heterocycles. The van der Waals surface area contributed by atoms with Gasteiger partial charge in [0.2, 0.25) is 0 Å². The molecule has 0 saturated carbocycles. The zero-order chi connectivity index (χ0) is 14.7. The van der Waals surface area contributed by atoms with Crippen molar-refractivity contribution in [1.82, 2.24) is 4.98 Å². The highest BCUT2D eigenvalue weighted by Gasteiger charge is 1.93. The van der Waals surface area contributed by atoms with E-state index in [9.17, 15) is 0 Å². The van der Waals surface area contributed by atoms with Gasteiger partial charge in [0, 0.05) is 6.20 Å². The molecule has 1 aromatic rings. The molecule has 0 atom stereocenters. The van der Waals surface area contributed by atoms with E-state index in [1.54, 1.807) is 4.90 Å². The van der Waals surface area contributed by atoms with Crippen LogP contribution in [0, 0.1) is 0 Å². The molecule has 0 aliphatic heterocycles. The number of hydrogen-bond acceptors (Lipinski definition) is 3. The predicted octanol–water partition coefficient (Wildman–Crippen LogP) is 1.82. The lowest BCUT2D eigenvalue weighted by Crippen LogP contribution is -3.11. The van der Waals surface area contributed by atoms with E-state index in [0.717, 1.165) is 6.42 Å². The molecule has 0 amide bonds. The molecule has 1 aromatic heterocycles. The minimum atomic E-state index is 0.326. The standard InChI is InChI=1S/C8H10N2S2.C6H15N/c1-2-6-3-4-7(9-5-6)10-8(11)12;1-4-7(5-2)6-3/h3-5H,2H2,1H3,(H2,9,10,11,12);4-6H2,1-3H3. The number of hydrogen-bond donors (Lipinski definition) is 2. The van der Waals surface area contributed by atoms with Gasteiger partial charge in [-0.15, -0.1) is 0 Å². The van der Waals surface area contributed by atoms with Crippen molar-refractivity contribution in [3.05, 3.63) is 23.9 Å². The van der Waals surface area contributed by atoms with Crippen molar-refractivity contribution in [1.29, 1.82) is 0 Å². The second kappa shape index (κ2) is 11.1. The molecule has 0 fully saturated rings.